The number of unbranched alkanes of at least 4 members (excludes halogenated alkanes) is 1. The third-order valence-corrected chi connectivity index (χ3v) is 2.52. The van der Waals surface area contributed by atoms with Gasteiger partial charge in [-0.2, -0.15) is 0 Å². The van der Waals surface area contributed by atoms with Crippen molar-refractivity contribution in [1.82, 2.24) is 5.32 Å². The molecule has 5 heteroatoms. The Bertz CT molecular complexity index is 410. The summed E-state index contributed by atoms with van der Waals surface area (Å²) in [5.74, 6) is -1.35. The zero-order chi connectivity index (χ0) is 13.5. The molecule has 0 saturated heterocycles. The van der Waals surface area contributed by atoms with Gasteiger partial charge in [0, 0.05) is 6.54 Å². The van der Waals surface area contributed by atoms with Crippen molar-refractivity contribution >= 4 is 11.6 Å². The number of benzene rings is 1. The molecule has 18 heavy (non-hydrogen) atoms. The highest BCUT2D eigenvalue weighted by Gasteiger charge is 2.14. The maximum Gasteiger partial charge on any atom is 0.242 e. The fraction of sp³-hybridized carbons (Fsp3) is 0.462. The zero-order valence-electron chi connectivity index (χ0n) is 10.6. The first-order valence-electron chi connectivity index (χ1n) is 6.04. The van der Waals surface area contributed by atoms with Crippen LogP contribution in [0.5, 0.6) is 0 Å². The molecule has 0 aromatic heterocycles. The fourth-order valence-electron chi connectivity index (χ4n) is 1.45. The Labute approximate surface area is 106 Å². The lowest BCUT2D eigenvalue weighted by Gasteiger charge is -2.15. The molecule has 0 aliphatic carbocycles. The van der Waals surface area contributed by atoms with Gasteiger partial charge in [-0.1, -0.05) is 13.3 Å². The summed E-state index contributed by atoms with van der Waals surface area (Å²) in [7, 11) is 0. The molecule has 0 saturated carbocycles. The van der Waals surface area contributed by atoms with E-state index in [9.17, 15) is 13.6 Å². The molecule has 3 nitrogen and oxygen atoms in total. The highest BCUT2D eigenvalue weighted by atomic mass is 19.1. The molecule has 100 valence electrons. The van der Waals surface area contributed by atoms with Crippen LogP contribution < -0.4 is 10.6 Å². The molecule has 0 bridgehead atoms. The Morgan fingerprint density at radius 1 is 1.39 bits per heavy atom. The Balaban J connectivity index is 2.55. The van der Waals surface area contributed by atoms with E-state index in [0.717, 1.165) is 31.0 Å². The minimum absolute atomic E-state index is 0.00635. The predicted octanol–water partition coefficient (Wildman–Crippen LogP) is 2.68. The van der Waals surface area contributed by atoms with Gasteiger partial charge in [0.1, 0.15) is 17.7 Å². The van der Waals surface area contributed by atoms with Gasteiger partial charge in [-0.15, -0.1) is 0 Å². The molecule has 0 heterocycles. The first-order valence-corrected chi connectivity index (χ1v) is 6.04. The number of nitrogens with one attached hydrogen (secondary N) is 2. The number of carbonyl (C=O) groups is 1. The van der Waals surface area contributed by atoms with Gasteiger partial charge in [-0.05, 0) is 31.5 Å². The minimum Gasteiger partial charge on any atom is -0.371 e. The molecule has 1 aromatic carbocycles. The summed E-state index contributed by atoms with van der Waals surface area (Å²) in [4.78, 5) is 11.6. The van der Waals surface area contributed by atoms with Crippen LogP contribution in [0.3, 0.4) is 0 Å². The largest absolute Gasteiger partial charge is 0.371 e. The summed E-state index contributed by atoms with van der Waals surface area (Å²) < 4.78 is 26.3. The van der Waals surface area contributed by atoms with E-state index in [2.05, 4.69) is 10.6 Å². The van der Waals surface area contributed by atoms with Crippen LogP contribution in [-0.2, 0) is 4.79 Å². The van der Waals surface area contributed by atoms with E-state index in [1.807, 2.05) is 6.92 Å². The molecule has 1 rings (SSSR count). The predicted molar refractivity (Wildman–Crippen MR) is 67.4 cm³/mol. The Morgan fingerprint density at radius 3 is 2.78 bits per heavy atom. The van der Waals surface area contributed by atoms with Crippen LogP contribution in [0.25, 0.3) is 0 Å². The molecule has 1 unspecified atom stereocenters. The molecule has 0 aliphatic rings. The van der Waals surface area contributed by atoms with E-state index >= 15 is 0 Å². The number of carbonyl (C=O) groups excluding carboxylic acids is 1. The minimum atomic E-state index is -0.613. The van der Waals surface area contributed by atoms with Gasteiger partial charge < -0.3 is 10.6 Å². The lowest BCUT2D eigenvalue weighted by molar-refractivity contribution is -0.121. The third kappa shape index (κ3) is 4.31. The Kier molecular flexibility index (Phi) is 5.55. The lowest BCUT2D eigenvalue weighted by atomic mass is 10.2. The molecule has 1 aromatic rings. The second kappa shape index (κ2) is 6.93. The number of anilines is 1. The van der Waals surface area contributed by atoms with E-state index < -0.39 is 17.7 Å². The quantitative estimate of drug-likeness (QED) is 0.768. The monoisotopic (exact) mass is 256 g/mol. The van der Waals surface area contributed by atoms with Crippen molar-refractivity contribution in [2.24, 2.45) is 0 Å². The highest BCUT2D eigenvalue weighted by Crippen LogP contribution is 2.16. The number of hydrogen-bond acceptors (Lipinski definition) is 2. The van der Waals surface area contributed by atoms with Crippen molar-refractivity contribution < 1.29 is 13.6 Å². The van der Waals surface area contributed by atoms with Gasteiger partial charge in [0.25, 0.3) is 0 Å². The highest BCUT2D eigenvalue weighted by molar-refractivity contribution is 5.84. The molecule has 0 aliphatic heterocycles. The van der Waals surface area contributed by atoms with Gasteiger partial charge in [0.2, 0.25) is 5.91 Å². The van der Waals surface area contributed by atoms with Crippen molar-refractivity contribution in [3.8, 4) is 0 Å². The van der Waals surface area contributed by atoms with Crippen molar-refractivity contribution in [1.29, 1.82) is 0 Å². The first-order chi connectivity index (χ1) is 8.54. The number of hydrogen-bond donors (Lipinski definition) is 2. The topological polar surface area (TPSA) is 41.1 Å². The van der Waals surface area contributed by atoms with E-state index in [1.165, 1.54) is 0 Å². The van der Waals surface area contributed by atoms with Crippen LogP contribution in [0.2, 0.25) is 0 Å². The Morgan fingerprint density at radius 2 is 2.11 bits per heavy atom. The molecule has 1 atom stereocenters. The normalized spacial score (nSPS) is 12.0. The van der Waals surface area contributed by atoms with Crippen molar-refractivity contribution in [2.75, 3.05) is 11.9 Å². The van der Waals surface area contributed by atoms with Gasteiger partial charge in [0.15, 0.2) is 0 Å². The van der Waals surface area contributed by atoms with Crippen molar-refractivity contribution in [2.45, 2.75) is 32.7 Å². The average Bonchev–Trinajstić information content (AvgIpc) is 2.34. The zero-order valence-corrected chi connectivity index (χ0v) is 10.6. The van der Waals surface area contributed by atoms with E-state index in [1.54, 1.807) is 6.92 Å². The van der Waals surface area contributed by atoms with Gasteiger partial charge in [-0.25, -0.2) is 8.78 Å². The lowest BCUT2D eigenvalue weighted by Crippen LogP contribution is -2.38. The molecule has 1 amide bonds. The van der Waals surface area contributed by atoms with Gasteiger partial charge >= 0.3 is 0 Å². The summed E-state index contributed by atoms with van der Waals surface area (Å²) in [6.45, 7) is 4.22. The number of halogens is 2. The fourth-order valence-corrected chi connectivity index (χ4v) is 1.45. The van der Waals surface area contributed by atoms with Crippen LogP contribution in [0, 0.1) is 11.6 Å². The Hall–Kier alpha value is -1.65. The maximum absolute atomic E-state index is 13.3. The number of amides is 1. The summed E-state index contributed by atoms with van der Waals surface area (Å²) in [5.41, 5.74) is -0.00635. The third-order valence-electron chi connectivity index (χ3n) is 2.52. The summed E-state index contributed by atoms with van der Waals surface area (Å²) >= 11 is 0. The average molecular weight is 256 g/mol. The van der Waals surface area contributed by atoms with Crippen LogP contribution in [-0.4, -0.2) is 18.5 Å². The summed E-state index contributed by atoms with van der Waals surface area (Å²) in [5, 5.41) is 5.37. The molecule has 0 spiro atoms. The molecular weight excluding hydrogens is 238 g/mol. The first kappa shape index (κ1) is 14.4. The van der Waals surface area contributed by atoms with Crippen LogP contribution in [0.15, 0.2) is 18.2 Å². The van der Waals surface area contributed by atoms with E-state index in [4.69, 9.17) is 0 Å². The number of rotatable bonds is 6. The standard InChI is InChI=1S/C13H18F2N2O/c1-3-4-7-16-13(18)9(2)17-12-8-10(14)5-6-11(12)15/h5-6,8-9,17H,3-4,7H2,1-2H3,(H,16,18). The van der Waals surface area contributed by atoms with E-state index in [0.29, 0.717) is 6.54 Å². The van der Waals surface area contributed by atoms with Crippen LogP contribution >= 0.6 is 0 Å². The molecule has 0 radical (unpaired) electrons. The second-order valence-electron chi connectivity index (χ2n) is 4.13. The smallest absolute Gasteiger partial charge is 0.242 e. The summed E-state index contributed by atoms with van der Waals surface area (Å²) in [6.07, 6.45) is 1.88. The van der Waals surface area contributed by atoms with Crippen LogP contribution in [0.1, 0.15) is 26.7 Å². The molecular formula is C13H18F2N2O. The molecule has 0 fully saturated rings. The van der Waals surface area contributed by atoms with Crippen molar-refractivity contribution in [3.05, 3.63) is 29.8 Å². The molecule has 2 N–H and O–H groups in total. The summed E-state index contributed by atoms with van der Waals surface area (Å²) in [6, 6.07) is 2.48. The van der Waals surface area contributed by atoms with Gasteiger partial charge in [-0.3, -0.25) is 4.79 Å². The van der Waals surface area contributed by atoms with E-state index in [-0.39, 0.29) is 11.6 Å². The maximum atomic E-state index is 13.3. The second-order valence-corrected chi connectivity index (χ2v) is 4.13. The van der Waals surface area contributed by atoms with Crippen LogP contribution in [0.4, 0.5) is 14.5 Å². The SMILES string of the molecule is CCCCNC(=O)C(C)Nc1cc(F)ccc1F. The van der Waals surface area contributed by atoms with Crippen molar-refractivity contribution in [3.63, 3.8) is 0 Å². The van der Waals surface area contributed by atoms with Gasteiger partial charge in [0.05, 0.1) is 5.69 Å².